The number of nitro groups is 1. The number of ketones is 1. The summed E-state index contributed by atoms with van der Waals surface area (Å²) in [6, 6.07) is 5.96. The molecule has 0 unspecified atom stereocenters. The van der Waals surface area contributed by atoms with Gasteiger partial charge in [-0.25, -0.2) is 8.42 Å². The lowest BCUT2D eigenvalue weighted by molar-refractivity contribution is -0.384. The fraction of sp³-hybridized carbons (Fsp3) is 0.235. The molecular weight excluding hydrogens is 376 g/mol. The summed E-state index contributed by atoms with van der Waals surface area (Å²) in [5.41, 5.74) is 0.833. The molecule has 1 N–H and O–H groups in total. The van der Waals surface area contributed by atoms with Gasteiger partial charge in [0.15, 0.2) is 17.3 Å². The Morgan fingerprint density at radius 1 is 1.11 bits per heavy atom. The minimum atomic E-state index is -4.02. The van der Waals surface area contributed by atoms with Gasteiger partial charge in [-0.05, 0) is 24.1 Å². The molecule has 0 atom stereocenters. The molecule has 0 bridgehead atoms. The van der Waals surface area contributed by atoms with Crippen molar-refractivity contribution in [3.05, 3.63) is 51.6 Å². The summed E-state index contributed by atoms with van der Waals surface area (Å²) in [5.74, 6) is 0.345. The van der Waals surface area contributed by atoms with Crippen LogP contribution in [0.2, 0.25) is 0 Å². The van der Waals surface area contributed by atoms with Crippen LogP contribution in [0.4, 0.5) is 11.4 Å². The topological polar surface area (TPSA) is 125 Å². The Balaban J connectivity index is 2.05. The fourth-order valence-electron chi connectivity index (χ4n) is 2.99. The summed E-state index contributed by atoms with van der Waals surface area (Å²) in [6.07, 6.45) is 0.609. The molecule has 0 saturated heterocycles. The van der Waals surface area contributed by atoms with E-state index in [-0.39, 0.29) is 40.0 Å². The number of ether oxygens (including phenoxy) is 2. The van der Waals surface area contributed by atoms with Crippen molar-refractivity contribution in [1.82, 2.24) is 0 Å². The highest BCUT2D eigenvalue weighted by Crippen LogP contribution is 2.43. The molecule has 2 aromatic carbocycles. The minimum Gasteiger partial charge on any atom is -0.493 e. The van der Waals surface area contributed by atoms with Crippen LogP contribution in [0.1, 0.15) is 22.3 Å². The number of carbonyl (C=O) groups is 1. The molecule has 0 spiro atoms. The Morgan fingerprint density at radius 2 is 1.78 bits per heavy atom. The summed E-state index contributed by atoms with van der Waals surface area (Å²) >= 11 is 0. The van der Waals surface area contributed by atoms with Gasteiger partial charge in [-0.2, -0.15) is 0 Å². The van der Waals surface area contributed by atoms with Crippen molar-refractivity contribution in [3.8, 4) is 11.5 Å². The average Bonchev–Trinajstić information content (AvgIpc) is 3.03. The van der Waals surface area contributed by atoms with E-state index in [1.807, 2.05) is 0 Å². The van der Waals surface area contributed by atoms with Crippen molar-refractivity contribution in [1.29, 1.82) is 0 Å². The number of sulfonamides is 1. The maximum atomic E-state index is 12.7. The number of fused-ring (bicyclic) bond motifs is 1. The third-order valence-electron chi connectivity index (χ3n) is 4.26. The average molecular weight is 392 g/mol. The van der Waals surface area contributed by atoms with Crippen LogP contribution in [0.3, 0.4) is 0 Å². The SMILES string of the molecule is COc1cc(NS(=O)(=O)c2ccc([N+](=O)[O-])cc2)c2c(c1OC)C(=O)CC2. The Bertz CT molecular complexity index is 1030. The number of non-ortho nitro benzene ring substituents is 1. The summed E-state index contributed by atoms with van der Waals surface area (Å²) in [4.78, 5) is 22.2. The number of hydrogen-bond acceptors (Lipinski definition) is 7. The van der Waals surface area contributed by atoms with Crippen LogP contribution in [-0.4, -0.2) is 33.3 Å². The second-order valence-corrected chi connectivity index (χ2v) is 7.48. The van der Waals surface area contributed by atoms with Gasteiger partial charge in [0, 0.05) is 24.6 Å². The molecule has 27 heavy (non-hydrogen) atoms. The van der Waals surface area contributed by atoms with Crippen molar-refractivity contribution in [2.24, 2.45) is 0 Å². The van der Waals surface area contributed by atoms with Gasteiger partial charge < -0.3 is 9.47 Å². The Labute approximate surface area is 155 Å². The number of nitrogens with one attached hydrogen (secondary N) is 1. The number of nitro benzene ring substituents is 1. The predicted octanol–water partition coefficient (Wildman–Crippen LogP) is 2.54. The van der Waals surface area contributed by atoms with Gasteiger partial charge >= 0.3 is 0 Å². The lowest BCUT2D eigenvalue weighted by atomic mass is 10.1. The molecule has 0 aliphatic heterocycles. The van der Waals surface area contributed by atoms with Crippen LogP contribution in [0.15, 0.2) is 35.2 Å². The fourth-order valence-corrected chi connectivity index (χ4v) is 4.08. The summed E-state index contributed by atoms with van der Waals surface area (Å²) in [5, 5.41) is 10.7. The van der Waals surface area contributed by atoms with Crippen molar-refractivity contribution in [2.75, 3.05) is 18.9 Å². The molecule has 0 heterocycles. The second kappa shape index (κ2) is 6.88. The standard InChI is InChI=1S/C17H16N2O7S/c1-25-15-9-13(12-7-8-14(20)16(12)17(15)26-2)18-27(23,24)11-5-3-10(4-6-11)19(21)22/h3-6,9,18H,7-8H2,1-2H3. The number of methoxy groups -OCH3 is 2. The maximum absolute atomic E-state index is 12.7. The lowest BCUT2D eigenvalue weighted by Crippen LogP contribution is -2.15. The summed E-state index contributed by atoms with van der Waals surface area (Å²) < 4.78 is 38.3. The van der Waals surface area contributed by atoms with E-state index >= 15 is 0 Å². The van der Waals surface area contributed by atoms with E-state index in [1.165, 1.54) is 20.3 Å². The van der Waals surface area contributed by atoms with E-state index in [2.05, 4.69) is 4.72 Å². The third-order valence-corrected chi connectivity index (χ3v) is 5.64. The Hall–Kier alpha value is -3.14. The first-order valence-electron chi connectivity index (χ1n) is 7.87. The second-order valence-electron chi connectivity index (χ2n) is 5.79. The molecular formula is C17H16N2O7S. The van der Waals surface area contributed by atoms with Gasteiger partial charge in [0.05, 0.1) is 35.3 Å². The van der Waals surface area contributed by atoms with E-state index in [0.29, 0.717) is 17.5 Å². The molecule has 2 aromatic rings. The highest BCUT2D eigenvalue weighted by Gasteiger charge is 2.31. The van der Waals surface area contributed by atoms with Gasteiger partial charge in [0.2, 0.25) is 0 Å². The van der Waals surface area contributed by atoms with E-state index in [4.69, 9.17) is 9.47 Å². The first-order valence-corrected chi connectivity index (χ1v) is 9.35. The Morgan fingerprint density at radius 3 is 2.33 bits per heavy atom. The molecule has 10 heteroatoms. The number of nitrogens with zero attached hydrogens (tertiary/aromatic N) is 1. The number of rotatable bonds is 6. The molecule has 0 amide bonds. The first kappa shape index (κ1) is 18.6. The molecule has 0 radical (unpaired) electrons. The molecule has 0 saturated carbocycles. The highest BCUT2D eigenvalue weighted by atomic mass is 32.2. The van der Waals surface area contributed by atoms with Crippen molar-refractivity contribution in [3.63, 3.8) is 0 Å². The first-order chi connectivity index (χ1) is 12.8. The minimum absolute atomic E-state index is 0.138. The molecule has 142 valence electrons. The van der Waals surface area contributed by atoms with Crippen molar-refractivity contribution < 1.29 is 27.6 Å². The third kappa shape index (κ3) is 3.31. The number of anilines is 1. The monoisotopic (exact) mass is 392 g/mol. The zero-order valence-corrected chi connectivity index (χ0v) is 15.3. The van der Waals surface area contributed by atoms with Crippen molar-refractivity contribution >= 4 is 27.2 Å². The van der Waals surface area contributed by atoms with Crippen LogP contribution in [0.5, 0.6) is 11.5 Å². The summed E-state index contributed by atoms with van der Waals surface area (Å²) in [6.45, 7) is 0. The largest absolute Gasteiger partial charge is 0.493 e. The van der Waals surface area contributed by atoms with Crippen LogP contribution < -0.4 is 14.2 Å². The van der Waals surface area contributed by atoms with Gasteiger partial charge in [0.1, 0.15) is 0 Å². The molecule has 0 aromatic heterocycles. The Kier molecular flexibility index (Phi) is 4.75. The predicted molar refractivity (Wildman–Crippen MR) is 96.1 cm³/mol. The van der Waals surface area contributed by atoms with Gasteiger partial charge in [-0.15, -0.1) is 0 Å². The number of benzene rings is 2. The molecule has 0 fully saturated rings. The zero-order valence-electron chi connectivity index (χ0n) is 14.5. The smallest absolute Gasteiger partial charge is 0.269 e. The van der Waals surface area contributed by atoms with Gasteiger partial charge in [0.25, 0.3) is 15.7 Å². The number of hydrogen-bond donors (Lipinski definition) is 1. The van der Waals surface area contributed by atoms with Crippen LogP contribution >= 0.6 is 0 Å². The number of carbonyl (C=O) groups excluding carboxylic acids is 1. The quantitative estimate of drug-likeness (QED) is 0.591. The summed E-state index contributed by atoms with van der Waals surface area (Å²) in [7, 11) is -1.23. The normalized spacial score (nSPS) is 13.2. The molecule has 9 nitrogen and oxygen atoms in total. The lowest BCUT2D eigenvalue weighted by Gasteiger charge is -2.17. The number of Topliss-reactive ketones (excluding diaryl/α,β-unsaturated/α-hetero) is 1. The van der Waals surface area contributed by atoms with Crippen LogP contribution in [0, 0.1) is 10.1 Å². The van der Waals surface area contributed by atoms with Crippen LogP contribution in [0.25, 0.3) is 0 Å². The highest BCUT2D eigenvalue weighted by molar-refractivity contribution is 7.92. The van der Waals surface area contributed by atoms with E-state index in [9.17, 15) is 23.3 Å². The molecule has 1 aliphatic carbocycles. The van der Waals surface area contributed by atoms with E-state index in [1.54, 1.807) is 0 Å². The van der Waals surface area contributed by atoms with Crippen molar-refractivity contribution in [2.45, 2.75) is 17.7 Å². The zero-order chi connectivity index (χ0) is 19.8. The van der Waals surface area contributed by atoms with E-state index < -0.39 is 14.9 Å². The van der Waals surface area contributed by atoms with Gasteiger partial charge in [-0.3, -0.25) is 19.6 Å². The molecule has 3 rings (SSSR count). The molecule has 1 aliphatic rings. The maximum Gasteiger partial charge on any atom is 0.269 e. The van der Waals surface area contributed by atoms with Crippen LogP contribution in [-0.2, 0) is 16.4 Å². The van der Waals surface area contributed by atoms with Gasteiger partial charge in [-0.1, -0.05) is 0 Å². The van der Waals surface area contributed by atoms with E-state index in [0.717, 1.165) is 24.3 Å².